The minimum absolute atomic E-state index is 0.508. The summed E-state index contributed by atoms with van der Waals surface area (Å²) in [7, 11) is 0. The Hall–Kier alpha value is -2.97. The van der Waals surface area contributed by atoms with Gasteiger partial charge in [-0.2, -0.15) is 5.10 Å². The number of ether oxygens (including phenoxy) is 1. The van der Waals surface area contributed by atoms with Crippen LogP contribution >= 0.6 is 0 Å². The molecular formula is C23H27N7O. The van der Waals surface area contributed by atoms with Crippen LogP contribution in [0.2, 0.25) is 0 Å². The molecule has 2 saturated heterocycles. The second-order valence-corrected chi connectivity index (χ2v) is 8.49. The monoisotopic (exact) mass is 417 g/mol. The molecule has 0 amide bonds. The van der Waals surface area contributed by atoms with Crippen LogP contribution in [-0.2, 0) is 4.74 Å². The van der Waals surface area contributed by atoms with E-state index in [4.69, 9.17) is 14.7 Å². The summed E-state index contributed by atoms with van der Waals surface area (Å²) in [5.74, 6) is 1.46. The van der Waals surface area contributed by atoms with Gasteiger partial charge in [0.15, 0.2) is 11.5 Å². The molecule has 6 rings (SSSR count). The maximum atomic E-state index is 5.60. The Balaban J connectivity index is 1.59. The lowest BCUT2D eigenvalue weighted by Crippen LogP contribution is -2.37. The number of nitrogens with zero attached hydrogens (tertiary/aromatic N) is 5. The topological polar surface area (TPSA) is 83.4 Å². The molecule has 0 unspecified atom stereocenters. The smallest absolute Gasteiger partial charge is 0.180 e. The number of piperidine rings is 1. The van der Waals surface area contributed by atoms with Crippen LogP contribution < -0.4 is 10.2 Å². The first-order valence-corrected chi connectivity index (χ1v) is 11.1. The lowest BCUT2D eigenvalue weighted by molar-refractivity contribution is 0.122. The van der Waals surface area contributed by atoms with Crippen molar-refractivity contribution in [2.24, 2.45) is 0 Å². The summed E-state index contributed by atoms with van der Waals surface area (Å²) in [5, 5.41) is 11.9. The minimum atomic E-state index is 0.508. The maximum Gasteiger partial charge on any atom is 0.180 e. The normalized spacial score (nSPS) is 18.3. The van der Waals surface area contributed by atoms with Crippen molar-refractivity contribution in [2.75, 3.05) is 44.3 Å². The van der Waals surface area contributed by atoms with Crippen molar-refractivity contribution in [1.82, 2.24) is 29.9 Å². The average Bonchev–Trinajstić information content (AvgIpc) is 3.43. The van der Waals surface area contributed by atoms with Gasteiger partial charge in [-0.3, -0.25) is 9.50 Å². The first kappa shape index (κ1) is 18.8. The van der Waals surface area contributed by atoms with Crippen molar-refractivity contribution in [3.63, 3.8) is 0 Å². The Morgan fingerprint density at radius 2 is 1.94 bits per heavy atom. The molecule has 160 valence electrons. The highest BCUT2D eigenvalue weighted by Gasteiger charge is 2.26. The van der Waals surface area contributed by atoms with E-state index in [0.29, 0.717) is 5.92 Å². The number of H-pyrrole nitrogens is 1. The number of nitrogens with one attached hydrogen (secondary N) is 2. The summed E-state index contributed by atoms with van der Waals surface area (Å²) < 4.78 is 7.92. The fourth-order valence-corrected chi connectivity index (χ4v) is 5.06. The molecule has 0 aliphatic carbocycles. The van der Waals surface area contributed by atoms with Crippen molar-refractivity contribution in [3.05, 3.63) is 42.0 Å². The summed E-state index contributed by atoms with van der Waals surface area (Å²) in [6, 6.07) is 6.24. The van der Waals surface area contributed by atoms with Gasteiger partial charge in [0, 0.05) is 41.8 Å². The third-order valence-corrected chi connectivity index (χ3v) is 6.61. The highest BCUT2D eigenvalue weighted by atomic mass is 16.5. The molecule has 4 aromatic rings. The number of imidazole rings is 1. The molecule has 0 bridgehead atoms. The van der Waals surface area contributed by atoms with E-state index in [0.717, 1.165) is 91.6 Å². The predicted octanol–water partition coefficient (Wildman–Crippen LogP) is 2.88. The van der Waals surface area contributed by atoms with Crippen LogP contribution in [-0.4, -0.2) is 64.0 Å². The first-order valence-electron chi connectivity index (χ1n) is 11.1. The number of anilines is 1. The van der Waals surface area contributed by atoms with E-state index in [1.165, 1.54) is 5.69 Å². The lowest BCUT2D eigenvalue weighted by atomic mass is 9.93. The third-order valence-electron chi connectivity index (χ3n) is 6.61. The number of benzene rings is 1. The number of hydrogen-bond donors (Lipinski definition) is 2. The molecule has 2 fully saturated rings. The van der Waals surface area contributed by atoms with Crippen LogP contribution in [0.1, 0.15) is 30.1 Å². The van der Waals surface area contributed by atoms with E-state index < -0.39 is 0 Å². The Labute approximate surface area is 180 Å². The van der Waals surface area contributed by atoms with E-state index in [2.05, 4.69) is 56.1 Å². The molecule has 0 saturated carbocycles. The molecule has 2 aliphatic rings. The molecule has 0 spiro atoms. The quantitative estimate of drug-likeness (QED) is 0.533. The zero-order chi connectivity index (χ0) is 20.8. The largest absolute Gasteiger partial charge is 0.378 e. The van der Waals surface area contributed by atoms with Crippen LogP contribution in [0, 0.1) is 6.92 Å². The summed E-state index contributed by atoms with van der Waals surface area (Å²) in [5.41, 5.74) is 6.46. The van der Waals surface area contributed by atoms with E-state index >= 15 is 0 Å². The molecular weight excluding hydrogens is 390 g/mol. The van der Waals surface area contributed by atoms with Gasteiger partial charge < -0.3 is 15.0 Å². The maximum absolute atomic E-state index is 5.60. The van der Waals surface area contributed by atoms with Crippen LogP contribution in [0.25, 0.3) is 27.8 Å². The number of aromatic nitrogens is 5. The Bertz CT molecular complexity index is 1230. The molecule has 3 aromatic heterocycles. The van der Waals surface area contributed by atoms with E-state index in [1.807, 2.05) is 6.20 Å². The molecule has 8 heteroatoms. The van der Waals surface area contributed by atoms with Crippen molar-refractivity contribution in [2.45, 2.75) is 25.7 Å². The van der Waals surface area contributed by atoms with Crippen molar-refractivity contribution < 1.29 is 4.74 Å². The second kappa shape index (κ2) is 7.62. The summed E-state index contributed by atoms with van der Waals surface area (Å²) in [4.78, 5) is 12.5. The predicted molar refractivity (Wildman–Crippen MR) is 121 cm³/mol. The zero-order valence-corrected chi connectivity index (χ0v) is 17.8. The number of rotatable bonds is 3. The molecule has 2 aliphatic heterocycles. The minimum Gasteiger partial charge on any atom is -0.378 e. The van der Waals surface area contributed by atoms with Gasteiger partial charge in [-0.05, 0) is 38.9 Å². The standard InChI is InChI=1S/C23H27N7O/c1-15-21(16-5-7-24-8-6-16)30-14-20(17-3-2-4-19-18(17)13-25-28-19)27-22(23(30)26-15)29-9-11-31-12-10-29/h2-4,13-14,16,24H,5-12H2,1H3,(H,25,28). The molecule has 8 nitrogen and oxygen atoms in total. The molecule has 0 radical (unpaired) electrons. The summed E-state index contributed by atoms with van der Waals surface area (Å²) >= 11 is 0. The molecule has 1 aromatic carbocycles. The molecule has 5 heterocycles. The molecule has 31 heavy (non-hydrogen) atoms. The fraction of sp³-hybridized carbons (Fsp3) is 0.435. The van der Waals surface area contributed by atoms with Gasteiger partial charge in [-0.1, -0.05) is 12.1 Å². The van der Waals surface area contributed by atoms with Gasteiger partial charge in [-0.15, -0.1) is 0 Å². The Morgan fingerprint density at radius 3 is 2.77 bits per heavy atom. The highest BCUT2D eigenvalue weighted by Crippen LogP contribution is 2.34. The molecule has 0 atom stereocenters. The SMILES string of the molecule is Cc1nc2c(N3CCOCC3)nc(-c3cccc4[nH]ncc34)cn2c1C1CCNCC1. The van der Waals surface area contributed by atoms with Gasteiger partial charge in [0.1, 0.15) is 0 Å². The summed E-state index contributed by atoms with van der Waals surface area (Å²) in [6.07, 6.45) is 6.34. The second-order valence-electron chi connectivity index (χ2n) is 8.49. The fourth-order valence-electron chi connectivity index (χ4n) is 5.06. The number of hydrogen-bond acceptors (Lipinski definition) is 6. The van der Waals surface area contributed by atoms with Crippen molar-refractivity contribution >= 4 is 22.4 Å². The number of morpholine rings is 1. The number of aromatic amines is 1. The van der Waals surface area contributed by atoms with E-state index in [-0.39, 0.29) is 0 Å². The van der Waals surface area contributed by atoms with Gasteiger partial charge in [0.2, 0.25) is 0 Å². The van der Waals surface area contributed by atoms with Gasteiger partial charge >= 0.3 is 0 Å². The van der Waals surface area contributed by atoms with Crippen LogP contribution in [0.15, 0.2) is 30.6 Å². The Kier molecular flexibility index (Phi) is 4.61. The van der Waals surface area contributed by atoms with Crippen LogP contribution in [0.5, 0.6) is 0 Å². The van der Waals surface area contributed by atoms with E-state index in [9.17, 15) is 0 Å². The third kappa shape index (κ3) is 3.18. The lowest BCUT2D eigenvalue weighted by Gasteiger charge is -2.29. The first-order chi connectivity index (χ1) is 15.3. The average molecular weight is 418 g/mol. The molecule has 2 N–H and O–H groups in total. The van der Waals surface area contributed by atoms with Crippen LogP contribution in [0.4, 0.5) is 5.82 Å². The number of fused-ring (bicyclic) bond motifs is 2. The summed E-state index contributed by atoms with van der Waals surface area (Å²) in [6.45, 7) is 7.35. The highest BCUT2D eigenvalue weighted by molar-refractivity contribution is 5.93. The van der Waals surface area contributed by atoms with Crippen molar-refractivity contribution in [3.8, 4) is 11.3 Å². The Morgan fingerprint density at radius 1 is 1.10 bits per heavy atom. The van der Waals surface area contributed by atoms with Gasteiger partial charge in [0.25, 0.3) is 0 Å². The van der Waals surface area contributed by atoms with Crippen LogP contribution in [0.3, 0.4) is 0 Å². The van der Waals surface area contributed by atoms with Gasteiger partial charge in [0.05, 0.1) is 36.3 Å². The zero-order valence-electron chi connectivity index (χ0n) is 17.8. The van der Waals surface area contributed by atoms with Gasteiger partial charge in [-0.25, -0.2) is 9.97 Å². The van der Waals surface area contributed by atoms with Crippen molar-refractivity contribution in [1.29, 1.82) is 0 Å². The number of aryl methyl sites for hydroxylation is 1. The van der Waals surface area contributed by atoms with E-state index in [1.54, 1.807) is 0 Å².